The molecule has 4 rings (SSSR count). The van der Waals surface area contributed by atoms with E-state index in [2.05, 4.69) is 11.4 Å². The number of thiophene rings is 1. The van der Waals surface area contributed by atoms with Gasteiger partial charge in [-0.25, -0.2) is 0 Å². The van der Waals surface area contributed by atoms with Gasteiger partial charge in [0.15, 0.2) is 4.88 Å². The van der Waals surface area contributed by atoms with Crippen molar-refractivity contribution in [1.29, 1.82) is 0 Å². The Morgan fingerprint density at radius 3 is 2.74 bits per heavy atom. The van der Waals surface area contributed by atoms with Crippen LogP contribution in [0.4, 0.5) is 0 Å². The highest BCUT2D eigenvalue weighted by Crippen LogP contribution is 2.46. The van der Waals surface area contributed by atoms with Crippen molar-refractivity contribution in [3.05, 3.63) is 41.8 Å². The Bertz CT molecular complexity index is 745. The molecule has 0 aliphatic carbocycles. The van der Waals surface area contributed by atoms with E-state index in [1.807, 2.05) is 34.9 Å². The van der Waals surface area contributed by atoms with E-state index >= 15 is 0 Å². The molecule has 1 N–H and O–H groups in total. The van der Waals surface area contributed by atoms with Crippen molar-refractivity contribution in [1.82, 2.24) is 0 Å². The Morgan fingerprint density at radius 1 is 1.05 bits per heavy atom. The van der Waals surface area contributed by atoms with Gasteiger partial charge in [0.1, 0.15) is 4.88 Å². The van der Waals surface area contributed by atoms with Crippen LogP contribution >= 0.6 is 34.4 Å². The summed E-state index contributed by atoms with van der Waals surface area (Å²) in [5.74, 6) is 1.17. The minimum absolute atomic E-state index is 0.387. The molecule has 5 heteroatoms. The minimum Gasteiger partial charge on any atom is -0.459 e. The zero-order valence-electron chi connectivity index (χ0n) is 9.87. The molecule has 2 nitrogen and oxygen atoms in total. The fraction of sp³-hybridized carbons (Fsp3) is 0.0714. The van der Waals surface area contributed by atoms with Crippen molar-refractivity contribution in [3.8, 4) is 26.2 Å². The molecule has 2 aromatic heterocycles. The molecule has 1 aromatic carbocycles. The largest absolute Gasteiger partial charge is 0.459 e. The molecule has 3 aromatic rings. The molecule has 0 amide bonds. The SMILES string of the molecule is Oc1c(-c2ccccc2)sc2[n+]1CSc1ccsc1-2. The molecule has 1 aliphatic rings. The van der Waals surface area contributed by atoms with E-state index in [0.717, 1.165) is 16.3 Å². The first-order chi connectivity index (χ1) is 9.34. The Kier molecular flexibility index (Phi) is 2.65. The summed E-state index contributed by atoms with van der Waals surface area (Å²) in [7, 11) is 0. The van der Waals surface area contributed by atoms with Gasteiger partial charge >= 0.3 is 5.88 Å². The number of hydrogen-bond acceptors (Lipinski definition) is 4. The van der Waals surface area contributed by atoms with E-state index in [0.29, 0.717) is 5.88 Å². The Balaban J connectivity index is 1.94. The molecule has 1 aliphatic heterocycles. The lowest BCUT2D eigenvalue weighted by atomic mass is 10.2. The maximum atomic E-state index is 10.5. The molecule has 0 spiro atoms. The highest BCUT2D eigenvalue weighted by atomic mass is 32.2. The molecule has 94 valence electrons. The van der Waals surface area contributed by atoms with Gasteiger partial charge in [0.2, 0.25) is 5.88 Å². The number of rotatable bonds is 1. The molecule has 0 saturated heterocycles. The summed E-state index contributed by atoms with van der Waals surface area (Å²) >= 11 is 5.20. The smallest absolute Gasteiger partial charge is 0.386 e. The van der Waals surface area contributed by atoms with Crippen LogP contribution in [0.1, 0.15) is 0 Å². The fourth-order valence-corrected chi connectivity index (χ4v) is 5.77. The normalized spacial score (nSPS) is 13.1. The van der Waals surface area contributed by atoms with Crippen molar-refractivity contribution < 1.29 is 9.67 Å². The molecule has 19 heavy (non-hydrogen) atoms. The number of fused-ring (bicyclic) bond motifs is 3. The Labute approximate surface area is 123 Å². The van der Waals surface area contributed by atoms with Gasteiger partial charge in [-0.3, -0.25) is 0 Å². The summed E-state index contributed by atoms with van der Waals surface area (Å²) in [5, 5.41) is 13.7. The van der Waals surface area contributed by atoms with E-state index in [-0.39, 0.29) is 0 Å². The number of aromatic hydroxyl groups is 1. The number of benzene rings is 1. The summed E-state index contributed by atoms with van der Waals surface area (Å²) < 4.78 is 2.01. The van der Waals surface area contributed by atoms with Gasteiger partial charge in [-0.1, -0.05) is 53.4 Å². The van der Waals surface area contributed by atoms with Crippen LogP contribution in [0, 0.1) is 0 Å². The van der Waals surface area contributed by atoms with Crippen molar-refractivity contribution in [2.75, 3.05) is 0 Å². The van der Waals surface area contributed by atoms with Gasteiger partial charge in [0.05, 0.1) is 0 Å². The third-order valence-corrected chi connectivity index (χ3v) is 6.57. The average Bonchev–Trinajstić information content (AvgIpc) is 3.04. The zero-order chi connectivity index (χ0) is 12.8. The second-order valence-electron chi connectivity index (χ2n) is 4.24. The molecule has 0 bridgehead atoms. The minimum atomic E-state index is 0.387. The van der Waals surface area contributed by atoms with Crippen LogP contribution in [0.5, 0.6) is 5.88 Å². The number of aromatic nitrogens is 1. The summed E-state index contributed by atoms with van der Waals surface area (Å²) in [5.41, 5.74) is 1.08. The van der Waals surface area contributed by atoms with Crippen LogP contribution in [0.2, 0.25) is 0 Å². The molecule has 0 saturated carbocycles. The molecule has 0 unspecified atom stereocenters. The topological polar surface area (TPSA) is 24.1 Å². The average molecular weight is 304 g/mol. The number of nitrogens with zero attached hydrogens (tertiary/aromatic N) is 1. The van der Waals surface area contributed by atoms with Crippen LogP contribution in [0.25, 0.3) is 20.3 Å². The summed E-state index contributed by atoms with van der Waals surface area (Å²) in [6.07, 6.45) is 0. The predicted octanol–water partition coefficient (Wildman–Crippen LogP) is 4.20. The molecule has 0 atom stereocenters. The van der Waals surface area contributed by atoms with Crippen molar-refractivity contribution in [2.24, 2.45) is 0 Å². The summed E-state index contributed by atoms with van der Waals surface area (Å²) in [4.78, 5) is 3.56. The van der Waals surface area contributed by atoms with Gasteiger partial charge in [0, 0.05) is 10.5 Å². The molecular formula is C14H10NOS3+. The van der Waals surface area contributed by atoms with Crippen molar-refractivity contribution in [3.63, 3.8) is 0 Å². The van der Waals surface area contributed by atoms with Crippen LogP contribution in [-0.4, -0.2) is 5.11 Å². The zero-order valence-corrected chi connectivity index (χ0v) is 12.3. The monoisotopic (exact) mass is 304 g/mol. The highest BCUT2D eigenvalue weighted by Gasteiger charge is 2.34. The van der Waals surface area contributed by atoms with E-state index in [1.54, 1.807) is 34.4 Å². The second-order valence-corrected chi connectivity index (χ2v) is 7.14. The number of thiazole rings is 1. The van der Waals surface area contributed by atoms with Gasteiger partial charge in [-0.05, 0) is 11.4 Å². The third kappa shape index (κ3) is 1.73. The first kappa shape index (κ1) is 11.5. The molecule has 3 heterocycles. The van der Waals surface area contributed by atoms with Crippen LogP contribution in [0.15, 0.2) is 46.7 Å². The summed E-state index contributed by atoms with van der Waals surface area (Å²) in [6.45, 7) is 0. The van der Waals surface area contributed by atoms with Gasteiger partial charge < -0.3 is 5.11 Å². The van der Waals surface area contributed by atoms with Gasteiger partial charge in [-0.2, -0.15) is 0 Å². The Hall–Kier alpha value is -1.30. The fourth-order valence-electron chi connectivity index (χ4n) is 2.18. The van der Waals surface area contributed by atoms with E-state index in [4.69, 9.17) is 0 Å². The number of hydrogen-bond donors (Lipinski definition) is 1. The lowest BCUT2D eigenvalue weighted by Gasteiger charge is -2.04. The predicted molar refractivity (Wildman–Crippen MR) is 80.8 cm³/mol. The molecule has 0 radical (unpaired) electrons. The molecular weight excluding hydrogens is 294 g/mol. The maximum Gasteiger partial charge on any atom is 0.386 e. The maximum absolute atomic E-state index is 10.5. The van der Waals surface area contributed by atoms with E-state index < -0.39 is 0 Å². The summed E-state index contributed by atoms with van der Waals surface area (Å²) in [6, 6.07) is 12.2. The van der Waals surface area contributed by atoms with Gasteiger partial charge in [0.25, 0.3) is 5.01 Å². The Morgan fingerprint density at radius 2 is 1.89 bits per heavy atom. The van der Waals surface area contributed by atoms with Gasteiger partial charge in [-0.15, -0.1) is 15.9 Å². The number of thioether (sulfide) groups is 1. The quantitative estimate of drug-likeness (QED) is 0.681. The van der Waals surface area contributed by atoms with E-state index in [1.165, 1.54) is 14.8 Å². The van der Waals surface area contributed by atoms with E-state index in [9.17, 15) is 5.11 Å². The lowest BCUT2D eigenvalue weighted by molar-refractivity contribution is -0.667. The molecule has 0 fully saturated rings. The standard InChI is InChI=1S/C14H9NOS3/c16-13-11(9-4-2-1-3-5-9)19-14-12-10(6-7-17-12)18-8-15(13)14/h1-7H,8H2/p+1. The van der Waals surface area contributed by atoms with Crippen molar-refractivity contribution >= 4 is 34.4 Å². The highest BCUT2D eigenvalue weighted by molar-refractivity contribution is 7.98. The van der Waals surface area contributed by atoms with Crippen LogP contribution < -0.4 is 4.57 Å². The van der Waals surface area contributed by atoms with Crippen molar-refractivity contribution in [2.45, 2.75) is 10.8 Å². The second kappa shape index (κ2) is 4.37. The van der Waals surface area contributed by atoms with Crippen LogP contribution in [-0.2, 0) is 5.88 Å². The lowest BCUT2D eigenvalue weighted by Crippen LogP contribution is -2.33. The third-order valence-electron chi connectivity index (χ3n) is 3.11. The van der Waals surface area contributed by atoms with Crippen LogP contribution in [0.3, 0.4) is 0 Å². The first-order valence-corrected chi connectivity index (χ1v) is 8.54. The first-order valence-electron chi connectivity index (χ1n) is 5.86.